The largest absolute Gasteiger partial charge is 0.381 e. The maximum absolute atomic E-state index is 9.25. The third kappa shape index (κ3) is 1.28. The van der Waals surface area contributed by atoms with Gasteiger partial charge in [0.15, 0.2) is 5.82 Å². The molecule has 5 rings (SSSR count). The number of anilines is 1. The summed E-state index contributed by atoms with van der Waals surface area (Å²) in [6.07, 6.45) is 6.85. The van der Waals surface area contributed by atoms with Crippen LogP contribution in [0.1, 0.15) is 49.3 Å². The van der Waals surface area contributed by atoms with Gasteiger partial charge in [-0.2, -0.15) is 10.4 Å². The van der Waals surface area contributed by atoms with Gasteiger partial charge in [0.25, 0.3) is 0 Å². The van der Waals surface area contributed by atoms with E-state index in [-0.39, 0.29) is 0 Å². The summed E-state index contributed by atoms with van der Waals surface area (Å²) in [5.41, 5.74) is 7.42. The molecule has 18 heavy (non-hydrogen) atoms. The molecule has 0 aliphatic heterocycles. The highest BCUT2D eigenvalue weighted by Gasteiger charge is 2.49. The SMILES string of the molecule is N#Cc1c(N)n[nH]c1C1C2CC3CC(C2)CC1C3. The minimum Gasteiger partial charge on any atom is -0.381 e. The number of aromatic amines is 1. The van der Waals surface area contributed by atoms with Gasteiger partial charge in [0.1, 0.15) is 11.6 Å². The molecule has 0 radical (unpaired) electrons. The lowest BCUT2D eigenvalue weighted by Crippen LogP contribution is -2.44. The smallest absolute Gasteiger partial charge is 0.163 e. The summed E-state index contributed by atoms with van der Waals surface area (Å²) >= 11 is 0. The Hall–Kier alpha value is -1.50. The topological polar surface area (TPSA) is 78.5 Å². The fourth-order valence-corrected chi connectivity index (χ4v) is 5.13. The van der Waals surface area contributed by atoms with Crippen LogP contribution in [0.5, 0.6) is 0 Å². The highest BCUT2D eigenvalue weighted by molar-refractivity contribution is 5.52. The molecule has 1 heterocycles. The lowest BCUT2D eigenvalue weighted by Gasteiger charge is -2.54. The van der Waals surface area contributed by atoms with Crippen LogP contribution in [0.2, 0.25) is 0 Å². The van der Waals surface area contributed by atoms with Crippen molar-refractivity contribution in [2.45, 2.75) is 38.0 Å². The quantitative estimate of drug-likeness (QED) is 0.793. The van der Waals surface area contributed by atoms with Gasteiger partial charge in [0, 0.05) is 5.92 Å². The fraction of sp³-hybridized carbons (Fsp3) is 0.714. The third-order valence-corrected chi connectivity index (χ3v) is 5.49. The van der Waals surface area contributed by atoms with Gasteiger partial charge < -0.3 is 5.73 Å². The molecule has 0 amide bonds. The van der Waals surface area contributed by atoms with Crippen LogP contribution in [0.25, 0.3) is 0 Å². The zero-order valence-electron chi connectivity index (χ0n) is 10.4. The number of nitrogen functional groups attached to an aromatic ring is 1. The van der Waals surface area contributed by atoms with Gasteiger partial charge in [-0.25, -0.2) is 0 Å². The van der Waals surface area contributed by atoms with Gasteiger partial charge in [-0.05, 0) is 55.8 Å². The summed E-state index contributed by atoms with van der Waals surface area (Å²) in [6.45, 7) is 0. The molecule has 4 nitrogen and oxygen atoms in total. The molecule has 4 heteroatoms. The van der Waals surface area contributed by atoms with Gasteiger partial charge >= 0.3 is 0 Å². The number of nitriles is 1. The van der Waals surface area contributed by atoms with E-state index in [2.05, 4.69) is 16.3 Å². The van der Waals surface area contributed by atoms with Crippen LogP contribution in [-0.4, -0.2) is 10.2 Å². The number of hydrogen-bond acceptors (Lipinski definition) is 3. The molecule has 1 aromatic heterocycles. The summed E-state index contributed by atoms with van der Waals surface area (Å²) in [7, 11) is 0. The van der Waals surface area contributed by atoms with Gasteiger partial charge in [-0.15, -0.1) is 0 Å². The van der Waals surface area contributed by atoms with Crippen LogP contribution in [0, 0.1) is 35.0 Å². The molecule has 94 valence electrons. The normalized spacial score (nSPS) is 40.9. The maximum atomic E-state index is 9.25. The minimum atomic E-state index is 0.376. The Balaban J connectivity index is 1.75. The molecular formula is C14H18N4. The Morgan fingerprint density at radius 1 is 1.11 bits per heavy atom. The molecule has 0 atom stereocenters. The lowest BCUT2D eigenvalue weighted by atomic mass is 9.51. The van der Waals surface area contributed by atoms with Crippen molar-refractivity contribution in [2.75, 3.05) is 5.73 Å². The number of nitrogens with two attached hydrogens (primary N) is 1. The molecule has 0 saturated heterocycles. The molecule has 0 unspecified atom stereocenters. The number of nitrogens with one attached hydrogen (secondary N) is 1. The van der Waals surface area contributed by atoms with Crippen LogP contribution in [-0.2, 0) is 0 Å². The second-order valence-corrected chi connectivity index (χ2v) is 6.47. The van der Waals surface area contributed by atoms with Crippen LogP contribution in [0.4, 0.5) is 5.82 Å². The zero-order valence-corrected chi connectivity index (χ0v) is 10.4. The van der Waals surface area contributed by atoms with Crippen molar-refractivity contribution >= 4 is 5.82 Å². The molecule has 4 bridgehead atoms. The number of H-pyrrole nitrogens is 1. The van der Waals surface area contributed by atoms with Crippen LogP contribution >= 0.6 is 0 Å². The molecule has 0 aromatic carbocycles. The highest BCUT2D eigenvalue weighted by atomic mass is 15.2. The number of nitrogens with zero attached hydrogens (tertiary/aromatic N) is 2. The molecule has 4 fully saturated rings. The van der Waals surface area contributed by atoms with E-state index in [4.69, 9.17) is 5.73 Å². The second kappa shape index (κ2) is 3.50. The Kier molecular flexibility index (Phi) is 2.03. The Morgan fingerprint density at radius 3 is 2.28 bits per heavy atom. The second-order valence-electron chi connectivity index (χ2n) is 6.47. The predicted octanol–water partition coefficient (Wildman–Crippen LogP) is 2.40. The van der Waals surface area contributed by atoms with Crippen molar-refractivity contribution in [2.24, 2.45) is 23.7 Å². The first-order valence-electron chi connectivity index (χ1n) is 7.00. The van der Waals surface area contributed by atoms with E-state index in [0.717, 1.165) is 29.4 Å². The summed E-state index contributed by atoms with van der Waals surface area (Å²) in [6, 6.07) is 2.23. The van der Waals surface area contributed by atoms with Crippen LogP contribution in [0.15, 0.2) is 0 Å². The average molecular weight is 242 g/mol. The van der Waals surface area contributed by atoms with Crippen LogP contribution < -0.4 is 5.73 Å². The number of hydrogen-bond donors (Lipinski definition) is 2. The monoisotopic (exact) mass is 242 g/mol. The molecule has 4 aliphatic carbocycles. The van der Waals surface area contributed by atoms with Crippen molar-refractivity contribution in [3.63, 3.8) is 0 Å². The maximum Gasteiger partial charge on any atom is 0.163 e. The van der Waals surface area contributed by atoms with E-state index in [1.54, 1.807) is 0 Å². The first-order valence-corrected chi connectivity index (χ1v) is 7.00. The zero-order chi connectivity index (χ0) is 12.3. The van der Waals surface area contributed by atoms with E-state index in [0.29, 0.717) is 17.3 Å². The minimum absolute atomic E-state index is 0.376. The number of aromatic nitrogens is 2. The summed E-state index contributed by atoms with van der Waals surface area (Å²) in [4.78, 5) is 0. The third-order valence-electron chi connectivity index (χ3n) is 5.49. The first-order chi connectivity index (χ1) is 8.76. The van der Waals surface area contributed by atoms with Crippen molar-refractivity contribution in [1.82, 2.24) is 10.2 Å². The lowest BCUT2D eigenvalue weighted by molar-refractivity contribution is -0.00424. The van der Waals surface area contributed by atoms with Gasteiger partial charge in [-0.1, -0.05) is 0 Å². The van der Waals surface area contributed by atoms with Crippen LogP contribution in [0.3, 0.4) is 0 Å². The Bertz CT molecular complexity index is 496. The molecule has 0 spiro atoms. The summed E-state index contributed by atoms with van der Waals surface area (Å²) < 4.78 is 0. The van der Waals surface area contributed by atoms with E-state index < -0.39 is 0 Å². The van der Waals surface area contributed by atoms with Crippen molar-refractivity contribution in [3.8, 4) is 6.07 Å². The molecule has 3 N–H and O–H groups in total. The predicted molar refractivity (Wildman–Crippen MR) is 67.5 cm³/mol. The van der Waals surface area contributed by atoms with Gasteiger partial charge in [-0.3, -0.25) is 5.10 Å². The Labute approximate surface area is 107 Å². The molecule has 4 aliphatic rings. The highest BCUT2D eigenvalue weighted by Crippen LogP contribution is 2.59. The van der Waals surface area contributed by atoms with E-state index >= 15 is 0 Å². The van der Waals surface area contributed by atoms with E-state index in [1.807, 2.05) is 0 Å². The van der Waals surface area contributed by atoms with Crippen molar-refractivity contribution in [1.29, 1.82) is 5.26 Å². The Morgan fingerprint density at radius 2 is 1.72 bits per heavy atom. The van der Waals surface area contributed by atoms with Crippen molar-refractivity contribution in [3.05, 3.63) is 11.3 Å². The molecule has 1 aromatic rings. The molecule has 4 saturated carbocycles. The van der Waals surface area contributed by atoms with Crippen molar-refractivity contribution < 1.29 is 0 Å². The summed E-state index contributed by atoms with van der Waals surface area (Å²) in [5.74, 6) is 4.31. The summed E-state index contributed by atoms with van der Waals surface area (Å²) in [5, 5.41) is 16.4. The molecular weight excluding hydrogens is 224 g/mol. The average Bonchev–Trinajstić information content (AvgIpc) is 2.69. The first kappa shape index (κ1) is 10.4. The fourth-order valence-electron chi connectivity index (χ4n) is 5.13. The van der Waals surface area contributed by atoms with E-state index in [1.165, 1.54) is 32.1 Å². The van der Waals surface area contributed by atoms with E-state index in [9.17, 15) is 5.26 Å². The standard InChI is InChI=1S/C14H18N4/c15-6-11-13(17-18-14(11)16)12-9-2-7-1-8(4-9)5-10(12)3-7/h7-10,12H,1-5H2,(H3,16,17,18). The van der Waals surface area contributed by atoms with Gasteiger partial charge in [0.05, 0.1) is 5.69 Å². The van der Waals surface area contributed by atoms with Gasteiger partial charge in [0.2, 0.25) is 0 Å². The number of rotatable bonds is 1.